The third kappa shape index (κ3) is 4.11. The van der Waals surface area contributed by atoms with Crippen LogP contribution in [0.5, 0.6) is 0 Å². The highest BCUT2D eigenvalue weighted by molar-refractivity contribution is 7.89. The Bertz CT molecular complexity index is 1200. The maximum Gasteiger partial charge on any atom is 0.243 e. The minimum absolute atomic E-state index is 0.0746. The molecule has 0 unspecified atom stereocenters. The fourth-order valence-electron chi connectivity index (χ4n) is 3.71. The molecule has 164 valence electrons. The van der Waals surface area contributed by atoms with Gasteiger partial charge in [-0.05, 0) is 43.9 Å². The molecule has 0 spiro atoms. The van der Waals surface area contributed by atoms with Gasteiger partial charge in [0.15, 0.2) is 23.3 Å². The number of hydrogen-bond donors (Lipinski definition) is 0. The van der Waals surface area contributed by atoms with Crippen LogP contribution >= 0.6 is 0 Å². The summed E-state index contributed by atoms with van der Waals surface area (Å²) in [6.45, 7) is 0.438. The van der Waals surface area contributed by atoms with Crippen molar-refractivity contribution in [3.05, 3.63) is 59.4 Å². The van der Waals surface area contributed by atoms with E-state index in [0.717, 1.165) is 30.9 Å². The van der Waals surface area contributed by atoms with Gasteiger partial charge in [-0.3, -0.25) is 0 Å². The van der Waals surface area contributed by atoms with E-state index in [0.29, 0.717) is 48.7 Å². The van der Waals surface area contributed by atoms with Crippen molar-refractivity contribution in [1.29, 1.82) is 0 Å². The van der Waals surface area contributed by atoms with Gasteiger partial charge in [-0.1, -0.05) is 5.16 Å². The van der Waals surface area contributed by atoms with E-state index in [9.17, 15) is 17.2 Å². The summed E-state index contributed by atoms with van der Waals surface area (Å²) < 4.78 is 64.4. The van der Waals surface area contributed by atoms with E-state index in [1.807, 2.05) is 0 Å². The number of rotatable bonds is 6. The van der Waals surface area contributed by atoms with Crippen LogP contribution in [-0.2, 0) is 16.4 Å². The van der Waals surface area contributed by atoms with Crippen molar-refractivity contribution in [2.24, 2.45) is 0 Å². The molecule has 2 aliphatic rings. The van der Waals surface area contributed by atoms with Crippen LogP contribution in [0.3, 0.4) is 0 Å². The molecule has 1 aromatic carbocycles. The van der Waals surface area contributed by atoms with Crippen LogP contribution in [0.1, 0.15) is 60.9 Å². The molecule has 1 saturated carbocycles. The largest absolute Gasteiger partial charge is 0.445 e. The summed E-state index contributed by atoms with van der Waals surface area (Å²) in [5.74, 6) is 0.475. The molecule has 0 amide bonds. The lowest BCUT2D eigenvalue weighted by Crippen LogP contribution is -2.38. The summed E-state index contributed by atoms with van der Waals surface area (Å²) in [6.07, 6.45) is 5.25. The maximum atomic E-state index is 13.5. The molecule has 1 aliphatic heterocycles. The van der Waals surface area contributed by atoms with E-state index in [-0.39, 0.29) is 23.9 Å². The van der Waals surface area contributed by atoms with Gasteiger partial charge in [-0.2, -0.15) is 9.29 Å². The second-order valence-corrected chi connectivity index (χ2v) is 9.86. The van der Waals surface area contributed by atoms with Crippen LogP contribution in [0.15, 0.2) is 38.2 Å². The molecule has 2 aromatic heterocycles. The van der Waals surface area contributed by atoms with Crippen LogP contribution in [0, 0.1) is 11.6 Å². The molecule has 0 radical (unpaired) electrons. The molecule has 8 nitrogen and oxygen atoms in total. The topological polar surface area (TPSA) is 102 Å². The molecule has 11 heteroatoms. The summed E-state index contributed by atoms with van der Waals surface area (Å²) >= 11 is 0. The average molecular weight is 450 g/mol. The van der Waals surface area contributed by atoms with E-state index >= 15 is 0 Å². The first-order chi connectivity index (χ1) is 14.9. The highest BCUT2D eigenvalue weighted by atomic mass is 32.2. The van der Waals surface area contributed by atoms with Gasteiger partial charge >= 0.3 is 0 Å². The number of oxazole rings is 1. The Morgan fingerprint density at radius 1 is 1.03 bits per heavy atom. The first-order valence-electron chi connectivity index (χ1n) is 10.1. The first kappa shape index (κ1) is 20.3. The third-order valence-electron chi connectivity index (χ3n) is 5.65. The summed E-state index contributed by atoms with van der Waals surface area (Å²) in [5.41, 5.74) is 0. The monoisotopic (exact) mass is 450 g/mol. The van der Waals surface area contributed by atoms with Crippen molar-refractivity contribution < 1.29 is 26.1 Å². The Hall–Kier alpha value is -2.66. The lowest BCUT2D eigenvalue weighted by molar-refractivity contribution is 0.270. The molecule has 0 N–H and O–H groups in total. The van der Waals surface area contributed by atoms with Gasteiger partial charge in [-0.25, -0.2) is 22.2 Å². The normalized spacial score (nSPS) is 18.5. The zero-order valence-corrected chi connectivity index (χ0v) is 17.3. The SMILES string of the molecule is O=S(=O)(c1ccc(F)c(F)c1)N1CCC(c2nc(Cc3cnc(C4CC4)o3)no2)CC1. The summed E-state index contributed by atoms with van der Waals surface area (Å²) in [6, 6.07) is 2.60. The lowest BCUT2D eigenvalue weighted by atomic mass is 9.98. The van der Waals surface area contributed by atoms with E-state index in [4.69, 9.17) is 8.94 Å². The molecule has 31 heavy (non-hydrogen) atoms. The number of hydrogen-bond acceptors (Lipinski definition) is 7. The number of aromatic nitrogens is 3. The fraction of sp³-hybridized carbons (Fsp3) is 0.450. The highest BCUT2D eigenvalue weighted by Crippen LogP contribution is 2.39. The van der Waals surface area contributed by atoms with Gasteiger partial charge in [0.05, 0.1) is 17.5 Å². The third-order valence-corrected chi connectivity index (χ3v) is 7.54. The molecule has 3 aromatic rings. The van der Waals surface area contributed by atoms with Crippen molar-refractivity contribution in [2.75, 3.05) is 13.1 Å². The molecular formula is C20H20F2N4O4S. The van der Waals surface area contributed by atoms with Crippen LogP contribution < -0.4 is 0 Å². The van der Waals surface area contributed by atoms with Gasteiger partial charge in [0, 0.05) is 24.9 Å². The Labute approximate surface area is 177 Å². The first-order valence-corrected chi connectivity index (χ1v) is 11.6. The van der Waals surface area contributed by atoms with Crippen LogP contribution in [0.4, 0.5) is 8.78 Å². The molecule has 1 saturated heterocycles. The summed E-state index contributed by atoms with van der Waals surface area (Å²) in [7, 11) is -3.90. The lowest BCUT2D eigenvalue weighted by Gasteiger charge is -2.29. The molecule has 5 rings (SSSR count). The molecule has 2 fully saturated rings. The zero-order valence-electron chi connectivity index (χ0n) is 16.5. The zero-order chi connectivity index (χ0) is 21.6. The van der Waals surface area contributed by atoms with Gasteiger partial charge < -0.3 is 8.94 Å². The van der Waals surface area contributed by atoms with E-state index in [1.165, 1.54) is 4.31 Å². The predicted octanol–water partition coefficient (Wildman–Crippen LogP) is 3.37. The Morgan fingerprint density at radius 2 is 1.77 bits per heavy atom. The predicted molar refractivity (Wildman–Crippen MR) is 103 cm³/mol. The van der Waals surface area contributed by atoms with Crippen LogP contribution in [0.2, 0.25) is 0 Å². The van der Waals surface area contributed by atoms with Gasteiger partial charge in [0.25, 0.3) is 0 Å². The summed E-state index contributed by atoms with van der Waals surface area (Å²) in [4.78, 5) is 8.46. The van der Waals surface area contributed by atoms with Crippen molar-refractivity contribution in [2.45, 2.75) is 48.8 Å². The van der Waals surface area contributed by atoms with Crippen molar-refractivity contribution in [1.82, 2.24) is 19.4 Å². The minimum atomic E-state index is -3.90. The van der Waals surface area contributed by atoms with Crippen LogP contribution in [-0.4, -0.2) is 40.9 Å². The number of nitrogens with zero attached hydrogens (tertiary/aromatic N) is 4. The Balaban J connectivity index is 1.21. The van der Waals surface area contributed by atoms with E-state index in [2.05, 4.69) is 15.1 Å². The van der Waals surface area contributed by atoms with Crippen LogP contribution in [0.25, 0.3) is 0 Å². The number of halogens is 2. The van der Waals surface area contributed by atoms with Gasteiger partial charge in [0.2, 0.25) is 15.9 Å². The van der Waals surface area contributed by atoms with Gasteiger partial charge in [-0.15, -0.1) is 0 Å². The number of piperidine rings is 1. The van der Waals surface area contributed by atoms with E-state index in [1.54, 1.807) is 6.20 Å². The van der Waals surface area contributed by atoms with Crippen molar-refractivity contribution >= 4 is 10.0 Å². The fourth-order valence-corrected chi connectivity index (χ4v) is 5.20. The summed E-state index contributed by atoms with van der Waals surface area (Å²) in [5, 5.41) is 4.01. The van der Waals surface area contributed by atoms with Crippen molar-refractivity contribution in [3.63, 3.8) is 0 Å². The smallest absolute Gasteiger partial charge is 0.243 e. The minimum Gasteiger partial charge on any atom is -0.445 e. The van der Waals surface area contributed by atoms with Gasteiger partial charge in [0.1, 0.15) is 5.76 Å². The standard InChI is InChI=1S/C20H20F2N4O4S/c21-16-4-3-15(10-17(16)22)31(27,28)26-7-5-13(6-8-26)20-24-18(25-30-20)9-14-11-23-19(29-14)12-1-2-12/h3-4,10-13H,1-2,5-9H2. The second kappa shape index (κ2) is 7.79. The van der Waals surface area contributed by atoms with Crippen molar-refractivity contribution in [3.8, 4) is 0 Å². The maximum absolute atomic E-state index is 13.5. The molecular weight excluding hydrogens is 430 g/mol. The number of benzene rings is 1. The molecule has 0 atom stereocenters. The second-order valence-electron chi connectivity index (χ2n) is 7.92. The Morgan fingerprint density at radius 3 is 2.48 bits per heavy atom. The quantitative estimate of drug-likeness (QED) is 0.567. The number of sulfonamides is 1. The molecule has 1 aliphatic carbocycles. The Kier molecular flexibility index (Phi) is 5.09. The molecule has 3 heterocycles. The molecule has 0 bridgehead atoms. The highest BCUT2D eigenvalue weighted by Gasteiger charge is 2.33. The average Bonchev–Trinajstić information content (AvgIpc) is 3.33. The van der Waals surface area contributed by atoms with E-state index < -0.39 is 21.7 Å².